The molecule has 0 spiro atoms. The molecular weight excluding hydrogens is 260 g/mol. The first-order valence-electron chi connectivity index (χ1n) is 5.76. The maximum Gasteiger partial charge on any atom is 0.108 e. The summed E-state index contributed by atoms with van der Waals surface area (Å²) in [5, 5.41) is 5.57. The number of nitroso groups, excluding NO2 is 1. The minimum Gasteiger partial charge on any atom is -0.256 e. The molecule has 0 bridgehead atoms. The Balaban J connectivity index is 2.33. The molecule has 0 atom stereocenters. The second kappa shape index (κ2) is 4.78. The number of aromatic nitrogens is 1. The highest BCUT2D eigenvalue weighted by atomic mass is 35.5. The second-order valence-electron chi connectivity index (χ2n) is 4.14. The van der Waals surface area contributed by atoms with Crippen molar-refractivity contribution in [1.29, 1.82) is 0 Å². The molecule has 4 heteroatoms. The highest BCUT2D eigenvalue weighted by Gasteiger charge is 2.10. The standard InChI is InChI=1S/C15H9ClN2O/c16-14-6-5-11(18-19)9-13(14)15-12-4-2-1-3-10(12)7-8-17-15/h1-9H. The molecule has 19 heavy (non-hydrogen) atoms. The Morgan fingerprint density at radius 3 is 2.74 bits per heavy atom. The van der Waals surface area contributed by atoms with Crippen molar-refractivity contribution in [2.75, 3.05) is 0 Å². The third-order valence-corrected chi connectivity index (χ3v) is 3.31. The molecule has 0 radical (unpaired) electrons. The zero-order chi connectivity index (χ0) is 13.2. The Morgan fingerprint density at radius 2 is 1.89 bits per heavy atom. The van der Waals surface area contributed by atoms with Crippen molar-refractivity contribution in [3.63, 3.8) is 0 Å². The number of rotatable bonds is 2. The fraction of sp³-hybridized carbons (Fsp3) is 0. The van der Waals surface area contributed by atoms with Crippen LogP contribution in [-0.4, -0.2) is 4.98 Å². The van der Waals surface area contributed by atoms with Crippen LogP contribution >= 0.6 is 11.6 Å². The molecule has 92 valence electrons. The van der Waals surface area contributed by atoms with Crippen LogP contribution < -0.4 is 0 Å². The monoisotopic (exact) mass is 268 g/mol. The van der Waals surface area contributed by atoms with E-state index < -0.39 is 0 Å². The van der Waals surface area contributed by atoms with Gasteiger partial charge in [0.25, 0.3) is 0 Å². The van der Waals surface area contributed by atoms with Crippen molar-refractivity contribution in [2.24, 2.45) is 5.18 Å². The summed E-state index contributed by atoms with van der Waals surface area (Å²) in [6.07, 6.45) is 1.73. The molecule has 0 aliphatic carbocycles. The number of benzene rings is 2. The van der Waals surface area contributed by atoms with Crippen molar-refractivity contribution in [1.82, 2.24) is 4.98 Å². The van der Waals surface area contributed by atoms with Crippen LogP contribution in [0.3, 0.4) is 0 Å². The van der Waals surface area contributed by atoms with Gasteiger partial charge in [-0.3, -0.25) is 4.98 Å². The molecule has 3 rings (SSSR count). The molecule has 0 unspecified atom stereocenters. The Hall–Kier alpha value is -2.26. The molecule has 3 aromatic rings. The van der Waals surface area contributed by atoms with E-state index in [4.69, 9.17) is 11.6 Å². The largest absolute Gasteiger partial charge is 0.256 e. The zero-order valence-electron chi connectivity index (χ0n) is 9.88. The van der Waals surface area contributed by atoms with E-state index in [0.717, 1.165) is 22.0 Å². The van der Waals surface area contributed by atoms with Crippen molar-refractivity contribution in [3.05, 3.63) is 64.7 Å². The van der Waals surface area contributed by atoms with Crippen LogP contribution in [0.1, 0.15) is 0 Å². The van der Waals surface area contributed by atoms with Crippen LogP contribution in [0.15, 0.2) is 59.9 Å². The number of pyridine rings is 1. The molecule has 0 aliphatic heterocycles. The summed E-state index contributed by atoms with van der Waals surface area (Å²) in [7, 11) is 0. The minimum atomic E-state index is 0.342. The van der Waals surface area contributed by atoms with Gasteiger partial charge in [0.2, 0.25) is 0 Å². The van der Waals surface area contributed by atoms with E-state index >= 15 is 0 Å². The third-order valence-electron chi connectivity index (χ3n) is 2.98. The summed E-state index contributed by atoms with van der Waals surface area (Å²) < 4.78 is 0. The Bertz CT molecular complexity index is 766. The smallest absolute Gasteiger partial charge is 0.108 e. The van der Waals surface area contributed by atoms with Crippen LogP contribution in [0.4, 0.5) is 5.69 Å². The lowest BCUT2D eigenvalue weighted by atomic mass is 10.0. The Labute approximate surface area is 114 Å². The van der Waals surface area contributed by atoms with Gasteiger partial charge < -0.3 is 0 Å². The van der Waals surface area contributed by atoms with Crippen molar-refractivity contribution >= 4 is 28.1 Å². The molecule has 0 aliphatic rings. The number of hydrogen-bond donors (Lipinski definition) is 0. The quantitative estimate of drug-likeness (QED) is 0.617. The third kappa shape index (κ3) is 2.09. The summed E-state index contributed by atoms with van der Waals surface area (Å²) in [4.78, 5) is 15.0. The molecule has 1 heterocycles. The number of halogens is 1. The number of fused-ring (bicyclic) bond motifs is 1. The molecule has 0 N–H and O–H groups in total. The maximum absolute atomic E-state index is 10.7. The number of nitrogens with zero attached hydrogens (tertiary/aromatic N) is 2. The van der Waals surface area contributed by atoms with Crippen LogP contribution in [0, 0.1) is 4.91 Å². The molecule has 2 aromatic carbocycles. The molecular formula is C15H9ClN2O. The highest BCUT2D eigenvalue weighted by Crippen LogP contribution is 2.34. The fourth-order valence-electron chi connectivity index (χ4n) is 2.09. The van der Waals surface area contributed by atoms with Gasteiger partial charge in [0.05, 0.1) is 10.7 Å². The first-order valence-corrected chi connectivity index (χ1v) is 6.14. The van der Waals surface area contributed by atoms with Crippen molar-refractivity contribution < 1.29 is 0 Å². The van der Waals surface area contributed by atoms with Crippen LogP contribution in [0.5, 0.6) is 0 Å². The number of hydrogen-bond acceptors (Lipinski definition) is 3. The van der Waals surface area contributed by atoms with E-state index in [-0.39, 0.29) is 0 Å². The summed E-state index contributed by atoms with van der Waals surface area (Å²) in [6, 6.07) is 14.8. The Morgan fingerprint density at radius 1 is 1.05 bits per heavy atom. The van der Waals surface area contributed by atoms with E-state index in [1.54, 1.807) is 24.4 Å². The van der Waals surface area contributed by atoms with E-state index in [2.05, 4.69) is 10.2 Å². The van der Waals surface area contributed by atoms with Crippen molar-refractivity contribution in [3.8, 4) is 11.3 Å². The zero-order valence-corrected chi connectivity index (χ0v) is 10.6. The Kier molecular flexibility index (Phi) is 2.97. The van der Waals surface area contributed by atoms with Crippen LogP contribution in [-0.2, 0) is 0 Å². The minimum absolute atomic E-state index is 0.342. The first kappa shape index (κ1) is 11.8. The summed E-state index contributed by atoms with van der Waals surface area (Å²) >= 11 is 6.20. The van der Waals surface area contributed by atoms with Crippen molar-refractivity contribution in [2.45, 2.75) is 0 Å². The molecule has 0 saturated heterocycles. The lowest BCUT2D eigenvalue weighted by Gasteiger charge is -2.07. The maximum atomic E-state index is 10.7. The second-order valence-corrected chi connectivity index (χ2v) is 4.54. The van der Waals surface area contributed by atoms with E-state index in [1.807, 2.05) is 30.3 Å². The van der Waals surface area contributed by atoms with Gasteiger partial charge in [-0.15, -0.1) is 4.91 Å². The normalized spacial score (nSPS) is 10.6. The van der Waals surface area contributed by atoms with Gasteiger partial charge in [-0.25, -0.2) is 0 Å². The first-order chi connectivity index (χ1) is 9.29. The molecule has 1 aromatic heterocycles. The summed E-state index contributed by atoms with van der Waals surface area (Å²) in [6.45, 7) is 0. The average Bonchev–Trinajstić information content (AvgIpc) is 2.47. The SMILES string of the molecule is O=Nc1ccc(Cl)c(-c2nccc3ccccc23)c1. The fourth-order valence-corrected chi connectivity index (χ4v) is 2.29. The molecule has 0 amide bonds. The highest BCUT2D eigenvalue weighted by molar-refractivity contribution is 6.33. The van der Waals surface area contributed by atoms with E-state index in [0.29, 0.717) is 10.7 Å². The van der Waals surface area contributed by atoms with Gasteiger partial charge in [-0.2, -0.15) is 0 Å². The average molecular weight is 269 g/mol. The van der Waals surface area contributed by atoms with Gasteiger partial charge in [0.15, 0.2) is 0 Å². The molecule has 3 nitrogen and oxygen atoms in total. The predicted molar refractivity (Wildman–Crippen MR) is 77.6 cm³/mol. The van der Waals surface area contributed by atoms with E-state index in [1.165, 1.54) is 0 Å². The van der Waals surface area contributed by atoms with E-state index in [9.17, 15) is 4.91 Å². The van der Waals surface area contributed by atoms with Crippen LogP contribution in [0.2, 0.25) is 5.02 Å². The van der Waals surface area contributed by atoms with Gasteiger partial charge in [0.1, 0.15) is 5.69 Å². The summed E-state index contributed by atoms with van der Waals surface area (Å²) in [5.74, 6) is 0. The van der Waals surface area contributed by atoms with Gasteiger partial charge >= 0.3 is 0 Å². The lowest BCUT2D eigenvalue weighted by molar-refractivity contribution is 1.35. The van der Waals surface area contributed by atoms with Crippen LogP contribution in [0.25, 0.3) is 22.0 Å². The lowest BCUT2D eigenvalue weighted by Crippen LogP contribution is -1.86. The van der Waals surface area contributed by atoms with Gasteiger partial charge in [-0.1, -0.05) is 35.9 Å². The molecule has 0 saturated carbocycles. The summed E-state index contributed by atoms with van der Waals surface area (Å²) in [5.41, 5.74) is 1.82. The topological polar surface area (TPSA) is 42.3 Å². The predicted octanol–water partition coefficient (Wildman–Crippen LogP) is 4.95. The molecule has 0 fully saturated rings. The van der Waals surface area contributed by atoms with Gasteiger partial charge in [-0.05, 0) is 34.8 Å². The van der Waals surface area contributed by atoms with Gasteiger partial charge in [0, 0.05) is 17.1 Å².